The van der Waals surface area contributed by atoms with Crippen LogP contribution in [-0.2, 0) is 17.8 Å². The zero-order chi connectivity index (χ0) is 20.8. The number of hydrogen-bond acceptors (Lipinski definition) is 5. The maximum absolute atomic E-state index is 12.6. The van der Waals surface area contributed by atoms with Crippen molar-refractivity contribution >= 4 is 23.3 Å². The number of carbonyl (C=O) groups excluding carboxylic acids is 1. The zero-order valence-electron chi connectivity index (χ0n) is 17.5. The van der Waals surface area contributed by atoms with E-state index >= 15 is 0 Å². The predicted octanol–water partition coefficient (Wildman–Crippen LogP) is 3.25. The van der Waals surface area contributed by atoms with Gasteiger partial charge in [-0.25, -0.2) is 9.97 Å². The summed E-state index contributed by atoms with van der Waals surface area (Å²) in [5.74, 6) is 2.04. The van der Waals surface area contributed by atoms with Crippen LogP contribution < -0.4 is 10.2 Å². The van der Waals surface area contributed by atoms with Crippen LogP contribution in [0, 0.1) is 0 Å². The maximum Gasteiger partial charge on any atom is 0.223 e. The Labute approximate surface area is 178 Å². The molecule has 1 aliphatic heterocycles. The molecule has 1 fully saturated rings. The zero-order valence-corrected chi connectivity index (χ0v) is 18.2. The molecule has 0 unspecified atom stereocenters. The topological polar surface area (TPSA) is 61.4 Å². The number of hydrogen-bond donors (Lipinski definition) is 1. The van der Waals surface area contributed by atoms with Gasteiger partial charge in [-0.1, -0.05) is 23.7 Å². The van der Waals surface area contributed by atoms with E-state index < -0.39 is 0 Å². The lowest BCUT2D eigenvalue weighted by Gasteiger charge is -2.24. The number of nitrogens with zero attached hydrogens (tertiary/aromatic N) is 4. The molecule has 1 aromatic carbocycles. The summed E-state index contributed by atoms with van der Waals surface area (Å²) in [6, 6.07) is 9.72. The summed E-state index contributed by atoms with van der Waals surface area (Å²) in [4.78, 5) is 25.8. The Morgan fingerprint density at radius 1 is 1.24 bits per heavy atom. The number of rotatable bonds is 7. The van der Waals surface area contributed by atoms with Crippen LogP contribution in [0.5, 0.6) is 0 Å². The van der Waals surface area contributed by atoms with Crippen molar-refractivity contribution in [2.45, 2.75) is 38.1 Å². The fraction of sp³-hybridized carbons (Fsp3) is 0.500. The number of aromatic nitrogens is 2. The van der Waals surface area contributed by atoms with Crippen LogP contribution in [0.3, 0.4) is 0 Å². The summed E-state index contributed by atoms with van der Waals surface area (Å²) in [5, 5.41) is 4.14. The van der Waals surface area contributed by atoms with Gasteiger partial charge in [-0.15, -0.1) is 0 Å². The van der Waals surface area contributed by atoms with Gasteiger partial charge in [0.05, 0.1) is 12.2 Å². The van der Waals surface area contributed by atoms with Crippen LogP contribution in [-0.4, -0.2) is 55.0 Å². The average Bonchev–Trinajstić information content (AvgIpc) is 2.72. The second-order valence-corrected chi connectivity index (χ2v) is 8.32. The van der Waals surface area contributed by atoms with Crippen LogP contribution in [0.4, 0.5) is 5.82 Å². The molecular weight excluding hydrogens is 386 g/mol. The molecule has 1 N–H and O–H groups in total. The van der Waals surface area contributed by atoms with Gasteiger partial charge in [0.2, 0.25) is 5.91 Å². The van der Waals surface area contributed by atoms with E-state index in [1.165, 1.54) is 0 Å². The van der Waals surface area contributed by atoms with Crippen molar-refractivity contribution in [2.24, 2.45) is 0 Å². The number of piperidine rings is 1. The Bertz CT molecular complexity index is 836. The third-order valence-corrected chi connectivity index (χ3v) is 5.51. The van der Waals surface area contributed by atoms with Gasteiger partial charge in [-0.2, -0.15) is 0 Å². The highest BCUT2D eigenvalue weighted by Gasteiger charge is 2.20. The number of anilines is 1. The molecule has 1 aliphatic rings. The van der Waals surface area contributed by atoms with Crippen LogP contribution in [0.15, 0.2) is 30.3 Å². The molecule has 29 heavy (non-hydrogen) atoms. The summed E-state index contributed by atoms with van der Waals surface area (Å²) in [5.41, 5.74) is 2.13. The first-order chi connectivity index (χ1) is 13.9. The normalized spacial score (nSPS) is 16.5. The number of benzene rings is 1. The number of nitrogens with one attached hydrogen (secondary N) is 1. The summed E-state index contributed by atoms with van der Waals surface area (Å²) < 4.78 is 0. The van der Waals surface area contributed by atoms with Crippen molar-refractivity contribution in [3.05, 3.63) is 52.4 Å². The molecule has 2 aromatic rings. The highest BCUT2D eigenvalue weighted by atomic mass is 35.5. The van der Waals surface area contributed by atoms with Crippen molar-refractivity contribution in [1.29, 1.82) is 0 Å². The first-order valence-corrected chi connectivity index (χ1v) is 10.5. The summed E-state index contributed by atoms with van der Waals surface area (Å²) in [6.45, 7) is 2.42. The van der Waals surface area contributed by atoms with E-state index in [-0.39, 0.29) is 5.91 Å². The number of halogens is 1. The van der Waals surface area contributed by atoms with Gasteiger partial charge in [0.25, 0.3) is 0 Å². The minimum absolute atomic E-state index is 0.0738. The molecule has 0 spiro atoms. The first kappa shape index (κ1) is 21.5. The summed E-state index contributed by atoms with van der Waals surface area (Å²) in [6.07, 6.45) is 3.39. The van der Waals surface area contributed by atoms with E-state index in [1.807, 2.05) is 50.3 Å². The molecule has 1 saturated heterocycles. The largest absolute Gasteiger partial charge is 0.363 e. The van der Waals surface area contributed by atoms with Gasteiger partial charge in [-0.3, -0.25) is 4.79 Å². The van der Waals surface area contributed by atoms with E-state index in [9.17, 15) is 4.79 Å². The first-order valence-electron chi connectivity index (χ1n) is 10.2. The fourth-order valence-corrected chi connectivity index (χ4v) is 3.76. The van der Waals surface area contributed by atoms with Crippen LogP contribution in [0.2, 0.25) is 5.02 Å². The molecular formula is C22H30ClN5O. The number of aryl methyl sites for hydroxylation is 1. The minimum atomic E-state index is 0.0738. The molecule has 0 aliphatic carbocycles. The molecule has 1 aromatic heterocycles. The highest BCUT2D eigenvalue weighted by Crippen LogP contribution is 2.24. The van der Waals surface area contributed by atoms with Crippen molar-refractivity contribution in [3.63, 3.8) is 0 Å². The van der Waals surface area contributed by atoms with Crippen molar-refractivity contribution in [2.75, 3.05) is 39.1 Å². The van der Waals surface area contributed by atoms with E-state index in [1.54, 1.807) is 4.90 Å². The molecule has 0 bridgehead atoms. The number of amides is 1. The lowest BCUT2D eigenvalue weighted by Crippen LogP contribution is -2.30. The van der Waals surface area contributed by atoms with E-state index in [4.69, 9.17) is 16.6 Å². The van der Waals surface area contributed by atoms with Crippen molar-refractivity contribution < 1.29 is 4.79 Å². The molecule has 7 heteroatoms. The van der Waals surface area contributed by atoms with Crippen LogP contribution >= 0.6 is 11.6 Å². The SMILES string of the molecule is CN(Cc1nc([C@@H]2CCCNC2)cc(N(C)C)n1)C(=O)CCc1cccc(Cl)c1. The minimum Gasteiger partial charge on any atom is -0.363 e. The molecule has 0 saturated carbocycles. The molecule has 3 rings (SSSR count). The Balaban J connectivity index is 1.67. The predicted molar refractivity (Wildman–Crippen MR) is 117 cm³/mol. The van der Waals surface area contributed by atoms with E-state index in [0.717, 1.165) is 43.0 Å². The standard InChI is InChI=1S/C22H30ClN5O/c1-27(2)21-13-19(17-7-5-11-24-14-17)25-20(26-21)15-28(3)22(29)10-9-16-6-4-8-18(23)12-16/h4,6,8,12-13,17,24H,5,7,9-11,14-15H2,1-3H3/t17-/m1/s1. The fourth-order valence-electron chi connectivity index (χ4n) is 3.55. The van der Waals surface area contributed by atoms with Gasteiger partial charge >= 0.3 is 0 Å². The second kappa shape index (κ2) is 10.0. The van der Waals surface area contributed by atoms with E-state index in [2.05, 4.69) is 16.4 Å². The van der Waals surface area contributed by atoms with E-state index in [0.29, 0.717) is 36.2 Å². The molecule has 1 atom stereocenters. The molecule has 0 radical (unpaired) electrons. The quantitative estimate of drug-likeness (QED) is 0.752. The van der Waals surface area contributed by atoms with Crippen LogP contribution in [0.1, 0.15) is 42.3 Å². The van der Waals surface area contributed by atoms with Gasteiger partial charge in [0.1, 0.15) is 11.6 Å². The Hall–Kier alpha value is -2.18. The van der Waals surface area contributed by atoms with Gasteiger partial charge < -0.3 is 15.1 Å². The van der Waals surface area contributed by atoms with Crippen LogP contribution in [0.25, 0.3) is 0 Å². The summed E-state index contributed by atoms with van der Waals surface area (Å²) in [7, 11) is 5.78. The molecule has 1 amide bonds. The Morgan fingerprint density at radius 2 is 2.07 bits per heavy atom. The van der Waals surface area contributed by atoms with Gasteiger partial charge in [0, 0.05) is 51.1 Å². The maximum atomic E-state index is 12.6. The molecule has 6 nitrogen and oxygen atoms in total. The highest BCUT2D eigenvalue weighted by molar-refractivity contribution is 6.30. The molecule has 156 valence electrons. The third-order valence-electron chi connectivity index (χ3n) is 5.27. The summed E-state index contributed by atoms with van der Waals surface area (Å²) >= 11 is 6.03. The van der Waals surface area contributed by atoms with Gasteiger partial charge in [-0.05, 0) is 43.5 Å². The number of carbonyl (C=O) groups is 1. The molecule has 2 heterocycles. The van der Waals surface area contributed by atoms with Crippen molar-refractivity contribution in [3.8, 4) is 0 Å². The monoisotopic (exact) mass is 415 g/mol. The lowest BCUT2D eigenvalue weighted by molar-refractivity contribution is -0.130. The van der Waals surface area contributed by atoms with Gasteiger partial charge in [0.15, 0.2) is 0 Å². The Kier molecular flexibility index (Phi) is 7.45. The third kappa shape index (κ3) is 6.15. The average molecular weight is 416 g/mol. The lowest BCUT2D eigenvalue weighted by atomic mass is 9.96. The second-order valence-electron chi connectivity index (χ2n) is 7.88. The van der Waals surface area contributed by atoms with Crippen molar-refractivity contribution in [1.82, 2.24) is 20.2 Å². The smallest absolute Gasteiger partial charge is 0.223 e. The Morgan fingerprint density at radius 3 is 2.76 bits per heavy atom.